The van der Waals surface area contributed by atoms with Crippen molar-refractivity contribution in [3.8, 4) is 5.75 Å². The average Bonchev–Trinajstić information content (AvgIpc) is 2.90. The zero-order chi connectivity index (χ0) is 28.6. The first-order valence-corrected chi connectivity index (χ1v) is 14.6. The number of benzene rings is 2. The second-order valence-corrected chi connectivity index (χ2v) is 9.83. The third-order valence-corrected chi connectivity index (χ3v) is 5.96. The lowest BCUT2D eigenvalue weighted by Crippen LogP contribution is -2.32. The van der Waals surface area contributed by atoms with E-state index in [9.17, 15) is 4.79 Å². The molecule has 1 aliphatic carbocycles. The smallest absolute Gasteiger partial charge is 0.251 e. The Morgan fingerprint density at radius 3 is 1.92 bits per heavy atom. The summed E-state index contributed by atoms with van der Waals surface area (Å²) in [7, 11) is 2.03. The first-order chi connectivity index (χ1) is 18.4. The number of ether oxygens (including phenoxy) is 1. The van der Waals surface area contributed by atoms with Crippen LogP contribution >= 0.6 is 0 Å². The van der Waals surface area contributed by atoms with Gasteiger partial charge in [0.1, 0.15) is 12.0 Å². The monoisotopic (exact) mass is 526 g/mol. The number of anilines is 1. The van der Waals surface area contributed by atoms with Crippen molar-refractivity contribution in [2.45, 2.75) is 99.0 Å². The fourth-order valence-corrected chi connectivity index (χ4v) is 3.65. The van der Waals surface area contributed by atoms with E-state index in [-0.39, 0.29) is 5.91 Å². The molecule has 2 aromatic carbocycles. The number of likely N-dealkylation sites (N-methyl/N-ethyl adjacent to an activating group) is 1. The Hall–Kier alpha value is -2.82. The predicted octanol–water partition coefficient (Wildman–Crippen LogP) is 8.33. The molecular formula is C33H54N2O3. The van der Waals surface area contributed by atoms with Crippen molar-refractivity contribution >= 4 is 17.9 Å². The van der Waals surface area contributed by atoms with Crippen molar-refractivity contribution < 1.29 is 14.3 Å². The van der Waals surface area contributed by atoms with Crippen LogP contribution in [0, 0.1) is 5.92 Å². The molecule has 1 aliphatic rings. The van der Waals surface area contributed by atoms with Crippen LogP contribution in [0.5, 0.6) is 5.75 Å². The molecule has 214 valence electrons. The summed E-state index contributed by atoms with van der Waals surface area (Å²) in [5, 5.41) is 2.96. The number of nitrogens with one attached hydrogen (secondary N) is 1. The summed E-state index contributed by atoms with van der Waals surface area (Å²) in [4.78, 5) is 23.0. The van der Waals surface area contributed by atoms with Crippen LogP contribution in [0.25, 0.3) is 0 Å². The first kappa shape index (κ1) is 35.2. The summed E-state index contributed by atoms with van der Waals surface area (Å²) in [6.07, 6.45) is 11.2. The molecule has 3 rings (SSSR count). The fourth-order valence-electron chi connectivity index (χ4n) is 3.65. The number of rotatable bonds is 11. The molecule has 0 bridgehead atoms. The third-order valence-electron chi connectivity index (χ3n) is 5.96. The van der Waals surface area contributed by atoms with E-state index in [0.717, 1.165) is 55.9 Å². The third kappa shape index (κ3) is 16.8. The van der Waals surface area contributed by atoms with E-state index in [1.54, 1.807) is 0 Å². The Kier molecular flexibility index (Phi) is 21.6. The highest BCUT2D eigenvalue weighted by atomic mass is 16.5. The van der Waals surface area contributed by atoms with E-state index in [4.69, 9.17) is 9.53 Å². The van der Waals surface area contributed by atoms with Gasteiger partial charge in [-0.2, -0.15) is 0 Å². The molecule has 2 aromatic rings. The topological polar surface area (TPSA) is 58.6 Å². The van der Waals surface area contributed by atoms with Gasteiger partial charge in [0.25, 0.3) is 5.91 Å². The zero-order valence-corrected chi connectivity index (χ0v) is 25.2. The average molecular weight is 527 g/mol. The minimum Gasteiger partial charge on any atom is -0.490 e. The highest BCUT2D eigenvalue weighted by Crippen LogP contribution is 2.24. The molecule has 5 nitrogen and oxygen atoms in total. The van der Waals surface area contributed by atoms with Gasteiger partial charge >= 0.3 is 0 Å². The predicted molar refractivity (Wildman–Crippen MR) is 163 cm³/mol. The highest BCUT2D eigenvalue weighted by Gasteiger charge is 2.10. The number of hydrogen-bond donors (Lipinski definition) is 1. The maximum Gasteiger partial charge on any atom is 0.251 e. The summed E-state index contributed by atoms with van der Waals surface area (Å²) in [5.41, 5.74) is 1.80. The molecule has 1 amide bonds. The summed E-state index contributed by atoms with van der Waals surface area (Å²) in [6, 6.07) is 17.5. The van der Waals surface area contributed by atoms with Gasteiger partial charge in [-0.05, 0) is 62.1 Å². The number of amides is 1. The number of carbonyl (C=O) groups is 2. The number of nitrogens with zero attached hydrogens (tertiary/aromatic N) is 1. The molecule has 1 N–H and O–H groups in total. The summed E-state index contributed by atoms with van der Waals surface area (Å²) < 4.78 is 6.12. The van der Waals surface area contributed by atoms with Crippen LogP contribution in [0.15, 0.2) is 54.6 Å². The van der Waals surface area contributed by atoms with Crippen molar-refractivity contribution in [1.29, 1.82) is 0 Å². The van der Waals surface area contributed by atoms with Crippen molar-refractivity contribution in [3.63, 3.8) is 0 Å². The Bertz CT molecular complexity index is 814. The van der Waals surface area contributed by atoms with Gasteiger partial charge in [0.15, 0.2) is 0 Å². The van der Waals surface area contributed by atoms with Crippen LogP contribution in [0.3, 0.4) is 0 Å². The van der Waals surface area contributed by atoms with Gasteiger partial charge in [0.05, 0.1) is 6.10 Å². The van der Waals surface area contributed by atoms with Crippen LogP contribution in [0.4, 0.5) is 5.69 Å². The molecular weight excluding hydrogens is 472 g/mol. The van der Waals surface area contributed by atoms with E-state index in [2.05, 4.69) is 57.0 Å². The summed E-state index contributed by atoms with van der Waals surface area (Å²) in [6.45, 7) is 13.7. The van der Waals surface area contributed by atoms with E-state index in [1.165, 1.54) is 32.6 Å². The molecule has 1 fully saturated rings. The minimum absolute atomic E-state index is 0.0364. The van der Waals surface area contributed by atoms with Crippen LogP contribution in [0.2, 0.25) is 0 Å². The quantitative estimate of drug-likeness (QED) is 0.299. The van der Waals surface area contributed by atoms with Gasteiger partial charge in [0, 0.05) is 31.4 Å². The van der Waals surface area contributed by atoms with Crippen molar-refractivity contribution in [2.75, 3.05) is 25.0 Å². The van der Waals surface area contributed by atoms with Gasteiger partial charge in [-0.25, -0.2) is 0 Å². The maximum absolute atomic E-state index is 12.1. The maximum atomic E-state index is 12.1. The molecule has 38 heavy (non-hydrogen) atoms. The lowest BCUT2D eigenvalue weighted by atomic mass is 9.88. The van der Waals surface area contributed by atoms with E-state index < -0.39 is 0 Å². The van der Waals surface area contributed by atoms with Crippen molar-refractivity contribution in [3.05, 3.63) is 60.2 Å². The minimum atomic E-state index is -0.0364. The zero-order valence-electron chi connectivity index (χ0n) is 25.2. The molecule has 0 atom stereocenters. The number of aldehydes is 1. The number of carbonyl (C=O) groups excluding carboxylic acids is 2. The molecule has 0 spiro atoms. The second kappa shape index (κ2) is 23.3. The van der Waals surface area contributed by atoms with E-state index in [1.807, 2.05) is 49.5 Å². The first-order valence-electron chi connectivity index (χ1n) is 14.6. The van der Waals surface area contributed by atoms with Crippen LogP contribution < -0.4 is 15.0 Å². The van der Waals surface area contributed by atoms with Crippen molar-refractivity contribution in [2.24, 2.45) is 5.92 Å². The Morgan fingerprint density at radius 1 is 1.00 bits per heavy atom. The van der Waals surface area contributed by atoms with Gasteiger partial charge in [0.2, 0.25) is 0 Å². The molecule has 5 heteroatoms. The van der Waals surface area contributed by atoms with Crippen LogP contribution in [-0.4, -0.2) is 38.4 Å². The number of hydrogen-bond acceptors (Lipinski definition) is 4. The molecule has 1 saturated carbocycles. The Balaban J connectivity index is 0.00000104. The summed E-state index contributed by atoms with van der Waals surface area (Å²) in [5.74, 6) is 1.96. The Labute approximate surface area is 233 Å². The standard InChI is InChI=1S/C23H32N2O2.C5H10.C3H8.C2H4O/c1-4-9-21(10-5-2)27-22-15-13-20(14-16-22)25(3)18-17-24-23(26)19-11-7-6-8-12-19;1-5-3-2-4-5;1-3-2;1-2-3/h6-8,11-16,21H,4-5,9-10,17-18H2,1-3H3,(H,24,26);5H,2-4H2,1H3;3H2,1-2H3;2H,1H3. The molecule has 0 radical (unpaired) electrons. The van der Waals surface area contributed by atoms with E-state index >= 15 is 0 Å². The fraction of sp³-hybridized carbons (Fsp3) is 0.576. The van der Waals surface area contributed by atoms with Gasteiger partial charge in [-0.1, -0.05) is 91.3 Å². The van der Waals surface area contributed by atoms with Gasteiger partial charge < -0.3 is 19.7 Å². The molecule has 0 heterocycles. The van der Waals surface area contributed by atoms with Gasteiger partial charge in [-0.3, -0.25) is 4.79 Å². The second-order valence-electron chi connectivity index (χ2n) is 9.83. The van der Waals surface area contributed by atoms with E-state index in [0.29, 0.717) is 18.2 Å². The molecule has 0 saturated heterocycles. The largest absolute Gasteiger partial charge is 0.490 e. The van der Waals surface area contributed by atoms with Crippen LogP contribution in [-0.2, 0) is 4.79 Å². The SMILES string of the molecule is CC1CCC1.CC=O.CCC.CCCC(CCC)Oc1ccc(N(C)CCNC(=O)c2ccccc2)cc1. The highest BCUT2D eigenvalue weighted by molar-refractivity contribution is 5.94. The van der Waals surface area contributed by atoms with Crippen LogP contribution in [0.1, 0.15) is 103 Å². The van der Waals surface area contributed by atoms with Gasteiger partial charge in [-0.15, -0.1) is 0 Å². The molecule has 0 aliphatic heterocycles. The normalized spacial score (nSPS) is 11.8. The Morgan fingerprint density at radius 2 is 1.50 bits per heavy atom. The summed E-state index contributed by atoms with van der Waals surface area (Å²) >= 11 is 0. The lowest BCUT2D eigenvalue weighted by molar-refractivity contribution is -0.106. The van der Waals surface area contributed by atoms with Crippen molar-refractivity contribution in [1.82, 2.24) is 5.32 Å². The lowest BCUT2D eigenvalue weighted by Gasteiger charge is -2.21. The molecule has 0 unspecified atom stereocenters. The molecule has 0 aromatic heterocycles.